The number of rotatable bonds is 7. The zero-order chi connectivity index (χ0) is 28.8. The number of sulfonamides is 1. The van der Waals surface area contributed by atoms with Crippen LogP contribution in [0.5, 0.6) is 5.75 Å². The van der Waals surface area contributed by atoms with Gasteiger partial charge in [-0.3, -0.25) is 9.71 Å². The van der Waals surface area contributed by atoms with E-state index >= 15 is 0 Å². The van der Waals surface area contributed by atoms with Crippen molar-refractivity contribution in [1.82, 2.24) is 14.9 Å². The van der Waals surface area contributed by atoms with Crippen LogP contribution >= 0.6 is 35.4 Å². The van der Waals surface area contributed by atoms with Crippen molar-refractivity contribution in [1.29, 1.82) is 0 Å². The quantitative estimate of drug-likeness (QED) is 0.234. The fraction of sp³-hybridized carbons (Fsp3) is 0.214. The number of benzene rings is 2. The maximum absolute atomic E-state index is 11.9. The number of hydrogen-bond donors (Lipinski definition) is 2. The Bertz CT molecular complexity index is 1710. The Morgan fingerprint density at radius 2 is 1.85 bits per heavy atom. The molecule has 0 amide bonds. The van der Waals surface area contributed by atoms with Gasteiger partial charge in [0.1, 0.15) is 5.75 Å². The van der Waals surface area contributed by atoms with Crippen LogP contribution < -0.4 is 19.7 Å². The van der Waals surface area contributed by atoms with Crippen molar-refractivity contribution in [3.63, 3.8) is 0 Å². The van der Waals surface area contributed by atoms with E-state index in [1.54, 1.807) is 24.4 Å². The van der Waals surface area contributed by atoms with Gasteiger partial charge >= 0.3 is 0 Å². The van der Waals surface area contributed by atoms with Gasteiger partial charge in [-0.05, 0) is 80.2 Å². The molecule has 4 aromatic rings. The molecule has 2 aromatic heterocycles. The first-order chi connectivity index (χ1) is 19.0. The van der Waals surface area contributed by atoms with E-state index in [1.807, 2.05) is 55.1 Å². The van der Waals surface area contributed by atoms with Crippen molar-refractivity contribution in [3.8, 4) is 11.4 Å². The lowest BCUT2D eigenvalue weighted by atomic mass is 9.96. The first kappa shape index (κ1) is 28.2. The zero-order valence-electron chi connectivity index (χ0n) is 22.1. The van der Waals surface area contributed by atoms with Gasteiger partial charge in [0, 0.05) is 34.4 Å². The Hall–Kier alpha value is -3.31. The molecule has 0 saturated carbocycles. The molecule has 5 rings (SSSR count). The molecule has 1 aliphatic rings. The third-order valence-electron chi connectivity index (χ3n) is 6.80. The standard InChI is InChI=1S/C28H27Cl2N5O3S2/c1-16-13-20(17(2)34(16)24-11-8-18(29)14-21(24)30)27-26(23-7-5-6-12-31-23)32-28(39)35(27)19-9-10-22(25(15-19)38-3)33-40(4,36)37/h5-15,26-27,33H,1-4H3,(H,32,39)/t26-,27+/m0/s1. The van der Waals surface area contributed by atoms with Crippen LogP contribution in [0.3, 0.4) is 0 Å². The largest absolute Gasteiger partial charge is 0.494 e. The van der Waals surface area contributed by atoms with Crippen molar-refractivity contribution in [2.24, 2.45) is 0 Å². The summed E-state index contributed by atoms with van der Waals surface area (Å²) in [6.45, 7) is 4.07. The number of nitrogens with zero attached hydrogens (tertiary/aromatic N) is 3. The average Bonchev–Trinajstić information content (AvgIpc) is 3.39. The Morgan fingerprint density at radius 1 is 1.07 bits per heavy atom. The molecular weight excluding hydrogens is 589 g/mol. The number of anilines is 2. The normalized spacial score (nSPS) is 17.1. The predicted molar refractivity (Wildman–Crippen MR) is 165 cm³/mol. The van der Waals surface area contributed by atoms with E-state index in [0.29, 0.717) is 26.6 Å². The first-order valence-electron chi connectivity index (χ1n) is 12.3. The van der Waals surface area contributed by atoms with Gasteiger partial charge < -0.3 is 19.5 Å². The molecule has 0 spiro atoms. The maximum atomic E-state index is 11.9. The molecular formula is C28H27Cl2N5O3S2. The van der Waals surface area contributed by atoms with E-state index in [9.17, 15) is 8.42 Å². The van der Waals surface area contributed by atoms with E-state index in [4.69, 9.17) is 40.2 Å². The number of hydrogen-bond acceptors (Lipinski definition) is 5. The summed E-state index contributed by atoms with van der Waals surface area (Å²) in [7, 11) is -2.01. The molecule has 0 bridgehead atoms. The van der Waals surface area contributed by atoms with E-state index in [2.05, 4.69) is 25.7 Å². The summed E-state index contributed by atoms with van der Waals surface area (Å²) in [5.74, 6) is 0.365. The number of pyridine rings is 1. The molecule has 2 N–H and O–H groups in total. The van der Waals surface area contributed by atoms with Crippen LogP contribution in [-0.2, 0) is 10.0 Å². The van der Waals surface area contributed by atoms with Gasteiger partial charge in [0.2, 0.25) is 10.0 Å². The SMILES string of the molecule is COc1cc(N2C(=S)N[C@@H](c3ccccn3)[C@H]2c2cc(C)n(-c3ccc(Cl)cc3Cl)c2C)ccc1NS(C)(=O)=O. The van der Waals surface area contributed by atoms with Crippen LogP contribution in [0.25, 0.3) is 5.69 Å². The second-order valence-corrected chi connectivity index (χ2v) is 12.5. The Kier molecular flexibility index (Phi) is 7.71. The highest BCUT2D eigenvalue weighted by molar-refractivity contribution is 7.92. The van der Waals surface area contributed by atoms with Crippen molar-refractivity contribution >= 4 is 61.9 Å². The second-order valence-electron chi connectivity index (χ2n) is 9.51. The van der Waals surface area contributed by atoms with Gasteiger partial charge in [-0.25, -0.2) is 8.42 Å². The number of nitrogens with one attached hydrogen (secondary N) is 2. The van der Waals surface area contributed by atoms with Crippen LogP contribution in [0, 0.1) is 13.8 Å². The number of methoxy groups -OCH3 is 1. The lowest BCUT2D eigenvalue weighted by molar-refractivity contribution is 0.417. The van der Waals surface area contributed by atoms with E-state index in [0.717, 1.165) is 40.3 Å². The average molecular weight is 617 g/mol. The number of ether oxygens (including phenoxy) is 1. The van der Waals surface area contributed by atoms with E-state index < -0.39 is 10.0 Å². The van der Waals surface area contributed by atoms with Crippen molar-refractivity contribution in [2.45, 2.75) is 25.9 Å². The van der Waals surface area contributed by atoms with Gasteiger partial charge in [-0.2, -0.15) is 0 Å². The number of halogens is 2. The van der Waals surface area contributed by atoms with Gasteiger partial charge in [0.05, 0.1) is 47.5 Å². The van der Waals surface area contributed by atoms with Gasteiger partial charge in [-0.15, -0.1) is 0 Å². The fourth-order valence-electron chi connectivity index (χ4n) is 5.18. The Labute approximate surface area is 248 Å². The predicted octanol–water partition coefficient (Wildman–Crippen LogP) is 6.35. The van der Waals surface area contributed by atoms with Gasteiger partial charge in [-0.1, -0.05) is 29.3 Å². The minimum atomic E-state index is -3.50. The van der Waals surface area contributed by atoms with Gasteiger partial charge in [0.25, 0.3) is 0 Å². The zero-order valence-corrected chi connectivity index (χ0v) is 25.3. The fourth-order valence-corrected chi connectivity index (χ4v) is 6.59. The smallest absolute Gasteiger partial charge is 0.229 e. The van der Waals surface area contributed by atoms with E-state index in [1.165, 1.54) is 7.11 Å². The van der Waals surface area contributed by atoms with Crippen molar-refractivity contribution in [3.05, 3.63) is 99.6 Å². The molecule has 2 atom stereocenters. The Balaban J connectivity index is 1.67. The first-order valence-corrected chi connectivity index (χ1v) is 15.3. The molecule has 40 heavy (non-hydrogen) atoms. The number of aryl methyl sites for hydroxylation is 1. The minimum absolute atomic E-state index is 0.275. The highest BCUT2D eigenvalue weighted by atomic mass is 35.5. The molecule has 3 heterocycles. The van der Waals surface area contributed by atoms with Crippen LogP contribution in [0.15, 0.2) is 66.9 Å². The topological polar surface area (TPSA) is 88.5 Å². The third kappa shape index (κ3) is 5.36. The molecule has 208 valence electrons. The van der Waals surface area contributed by atoms with Crippen LogP contribution in [0.2, 0.25) is 10.0 Å². The van der Waals surface area contributed by atoms with Crippen molar-refractivity contribution < 1.29 is 13.2 Å². The lowest BCUT2D eigenvalue weighted by Gasteiger charge is -2.29. The number of thiocarbonyl (C=S) groups is 1. The molecule has 0 aliphatic carbocycles. The van der Waals surface area contributed by atoms with E-state index in [-0.39, 0.29) is 12.1 Å². The van der Waals surface area contributed by atoms with Crippen LogP contribution in [0.4, 0.5) is 11.4 Å². The molecule has 12 heteroatoms. The van der Waals surface area contributed by atoms with Gasteiger partial charge in [0.15, 0.2) is 5.11 Å². The molecule has 0 radical (unpaired) electrons. The summed E-state index contributed by atoms with van der Waals surface area (Å²) in [5, 5.41) is 5.06. The highest BCUT2D eigenvalue weighted by Gasteiger charge is 2.42. The molecule has 1 saturated heterocycles. The molecule has 2 aromatic carbocycles. The lowest BCUT2D eigenvalue weighted by Crippen LogP contribution is -2.29. The second kappa shape index (κ2) is 10.9. The monoisotopic (exact) mass is 615 g/mol. The van der Waals surface area contributed by atoms with Crippen LogP contribution in [0.1, 0.15) is 34.7 Å². The molecule has 8 nitrogen and oxygen atoms in total. The van der Waals surface area contributed by atoms with Crippen molar-refractivity contribution in [2.75, 3.05) is 23.0 Å². The maximum Gasteiger partial charge on any atom is 0.229 e. The summed E-state index contributed by atoms with van der Waals surface area (Å²) in [6, 6.07) is 18.0. The van der Waals surface area contributed by atoms with Crippen LogP contribution in [-0.4, -0.2) is 36.4 Å². The molecule has 1 aliphatic heterocycles. The summed E-state index contributed by atoms with van der Waals surface area (Å²) >= 11 is 18.7. The molecule has 1 fully saturated rings. The minimum Gasteiger partial charge on any atom is -0.494 e. The summed E-state index contributed by atoms with van der Waals surface area (Å²) in [4.78, 5) is 6.65. The Morgan fingerprint density at radius 3 is 2.50 bits per heavy atom. The summed E-state index contributed by atoms with van der Waals surface area (Å²) in [6.07, 6.45) is 2.85. The highest BCUT2D eigenvalue weighted by Crippen LogP contribution is 2.45. The molecule has 0 unspecified atom stereocenters. The third-order valence-corrected chi connectivity index (χ3v) is 8.24. The number of aromatic nitrogens is 2. The summed E-state index contributed by atoms with van der Waals surface area (Å²) in [5.41, 5.74) is 5.69. The summed E-state index contributed by atoms with van der Waals surface area (Å²) < 4.78 is 33.9.